The van der Waals surface area contributed by atoms with Crippen LogP contribution in [0, 0.1) is 0 Å². The van der Waals surface area contributed by atoms with Crippen LogP contribution >= 0.6 is 0 Å². The topological polar surface area (TPSA) is 160 Å². The normalized spacial score (nSPS) is 15.4. The molecule has 0 aromatic carbocycles. The third kappa shape index (κ3) is 4.75. The van der Waals surface area contributed by atoms with Crippen LogP contribution in [0.3, 0.4) is 0 Å². The van der Waals surface area contributed by atoms with Gasteiger partial charge in [0.2, 0.25) is 11.8 Å². The highest BCUT2D eigenvalue weighted by atomic mass is 16.5. The number of esters is 2. The summed E-state index contributed by atoms with van der Waals surface area (Å²) in [5.41, 5.74) is 4.96. The second-order valence-electron chi connectivity index (χ2n) is 8.12. The fraction of sp³-hybridized carbons (Fsp3) is 0.500. The van der Waals surface area contributed by atoms with Crippen LogP contribution in [0.1, 0.15) is 55.1 Å². The zero-order chi connectivity index (χ0) is 24.9. The van der Waals surface area contributed by atoms with Gasteiger partial charge in [0, 0.05) is 25.2 Å². The fourth-order valence-electron chi connectivity index (χ4n) is 4.33. The van der Waals surface area contributed by atoms with Crippen LogP contribution in [0.25, 0.3) is 11.3 Å². The quantitative estimate of drug-likeness (QED) is 0.522. The highest BCUT2D eigenvalue weighted by Gasteiger charge is 2.49. The molecule has 0 radical (unpaired) electrons. The van der Waals surface area contributed by atoms with Crippen molar-refractivity contribution in [3.8, 4) is 11.3 Å². The van der Waals surface area contributed by atoms with Gasteiger partial charge in [0.1, 0.15) is 17.3 Å². The Kier molecular flexibility index (Phi) is 7.59. The van der Waals surface area contributed by atoms with E-state index in [1.165, 1.54) is 36.2 Å². The standard InChI is InChI=1S/C22H28N6O6/c1-27(22(21(32)34-3)10-4-5-11-22)19(30)16(8-9-17(23)29)28-13-15(25-26-28)14-7-6-12-24-18(14)20(31)33-2/h6-7,12-13,16H,4-5,8-11H2,1-3H3,(H2,23,29). The monoisotopic (exact) mass is 472 g/mol. The number of hydrogen-bond donors (Lipinski definition) is 1. The number of methoxy groups -OCH3 is 2. The second kappa shape index (κ2) is 10.4. The van der Waals surface area contributed by atoms with Gasteiger partial charge in [0.15, 0.2) is 5.69 Å². The number of primary amides is 1. The van der Waals surface area contributed by atoms with Crippen LogP contribution in [0.15, 0.2) is 24.5 Å². The van der Waals surface area contributed by atoms with Gasteiger partial charge in [-0.25, -0.2) is 19.3 Å². The van der Waals surface area contributed by atoms with Gasteiger partial charge in [0.05, 0.1) is 20.4 Å². The number of carbonyl (C=O) groups is 4. The van der Waals surface area contributed by atoms with Crippen molar-refractivity contribution in [1.82, 2.24) is 24.9 Å². The summed E-state index contributed by atoms with van der Waals surface area (Å²) in [5, 5.41) is 8.19. The molecule has 0 spiro atoms. The molecule has 0 saturated heterocycles. The van der Waals surface area contributed by atoms with Crippen molar-refractivity contribution in [3.63, 3.8) is 0 Å². The Morgan fingerprint density at radius 2 is 1.91 bits per heavy atom. The van der Waals surface area contributed by atoms with E-state index < -0.39 is 35.3 Å². The average molecular weight is 473 g/mol. The van der Waals surface area contributed by atoms with Gasteiger partial charge in [-0.2, -0.15) is 0 Å². The Balaban J connectivity index is 1.97. The third-order valence-corrected chi connectivity index (χ3v) is 6.21. The van der Waals surface area contributed by atoms with Crippen LogP contribution in [0.2, 0.25) is 0 Å². The van der Waals surface area contributed by atoms with Gasteiger partial charge in [-0.05, 0) is 31.4 Å². The maximum atomic E-state index is 13.6. The van der Waals surface area contributed by atoms with Crippen molar-refractivity contribution in [1.29, 1.82) is 0 Å². The first-order valence-electron chi connectivity index (χ1n) is 10.8. The zero-order valence-electron chi connectivity index (χ0n) is 19.4. The van der Waals surface area contributed by atoms with E-state index in [1.807, 2.05) is 0 Å². The van der Waals surface area contributed by atoms with Crippen LogP contribution in [-0.4, -0.2) is 75.4 Å². The summed E-state index contributed by atoms with van der Waals surface area (Å²) in [5.74, 6) is -2.13. The van der Waals surface area contributed by atoms with Gasteiger partial charge in [0.25, 0.3) is 0 Å². The van der Waals surface area contributed by atoms with Crippen molar-refractivity contribution in [2.24, 2.45) is 5.73 Å². The maximum Gasteiger partial charge on any atom is 0.357 e. The lowest BCUT2D eigenvalue weighted by molar-refractivity contribution is -0.161. The van der Waals surface area contributed by atoms with E-state index in [2.05, 4.69) is 15.3 Å². The number of rotatable bonds is 9. The zero-order valence-corrected chi connectivity index (χ0v) is 19.4. The molecule has 12 heteroatoms. The van der Waals surface area contributed by atoms with E-state index in [-0.39, 0.29) is 24.2 Å². The lowest BCUT2D eigenvalue weighted by atomic mass is 9.94. The minimum atomic E-state index is -1.08. The molecule has 1 unspecified atom stereocenters. The molecule has 1 fully saturated rings. The first-order chi connectivity index (χ1) is 16.2. The summed E-state index contributed by atoms with van der Waals surface area (Å²) >= 11 is 0. The maximum absolute atomic E-state index is 13.6. The van der Waals surface area contributed by atoms with E-state index >= 15 is 0 Å². The molecule has 2 aromatic rings. The fourth-order valence-corrected chi connectivity index (χ4v) is 4.33. The van der Waals surface area contributed by atoms with E-state index in [0.717, 1.165) is 12.8 Å². The van der Waals surface area contributed by atoms with Crippen molar-refractivity contribution >= 4 is 23.8 Å². The number of carbonyl (C=O) groups excluding carboxylic acids is 4. The third-order valence-electron chi connectivity index (χ3n) is 6.21. The number of pyridine rings is 1. The molecule has 3 rings (SSSR count). The van der Waals surface area contributed by atoms with Crippen molar-refractivity contribution in [2.75, 3.05) is 21.3 Å². The van der Waals surface area contributed by atoms with Crippen molar-refractivity contribution < 1.29 is 28.7 Å². The molecule has 0 aliphatic heterocycles. The molecule has 2 amide bonds. The highest BCUT2D eigenvalue weighted by Crippen LogP contribution is 2.37. The average Bonchev–Trinajstić information content (AvgIpc) is 3.53. The summed E-state index contributed by atoms with van der Waals surface area (Å²) in [4.78, 5) is 55.3. The minimum absolute atomic E-state index is 0.0461. The van der Waals surface area contributed by atoms with Gasteiger partial charge >= 0.3 is 11.9 Å². The SMILES string of the molecule is COC(=O)c1ncccc1-c1cn(C(CCC(N)=O)C(=O)N(C)C2(C(=O)OC)CCCC2)nn1. The van der Waals surface area contributed by atoms with Gasteiger partial charge in [-0.1, -0.05) is 18.1 Å². The molecule has 2 aromatic heterocycles. The Morgan fingerprint density at radius 3 is 2.53 bits per heavy atom. The van der Waals surface area contributed by atoms with E-state index in [1.54, 1.807) is 19.2 Å². The molecule has 182 valence electrons. The first-order valence-corrected chi connectivity index (χ1v) is 10.8. The van der Waals surface area contributed by atoms with E-state index in [9.17, 15) is 19.2 Å². The van der Waals surface area contributed by atoms with Crippen LogP contribution in [0.5, 0.6) is 0 Å². The highest BCUT2D eigenvalue weighted by molar-refractivity contribution is 5.94. The molecular formula is C22H28N6O6. The first kappa shape index (κ1) is 24.8. The van der Waals surface area contributed by atoms with Crippen LogP contribution < -0.4 is 5.73 Å². The number of nitrogens with zero attached hydrogens (tertiary/aromatic N) is 5. The molecule has 1 atom stereocenters. The number of ether oxygens (including phenoxy) is 2. The van der Waals surface area contributed by atoms with Crippen molar-refractivity contribution in [3.05, 3.63) is 30.2 Å². The molecule has 12 nitrogen and oxygen atoms in total. The molecule has 2 heterocycles. The summed E-state index contributed by atoms with van der Waals surface area (Å²) in [6, 6.07) is 2.30. The summed E-state index contributed by atoms with van der Waals surface area (Å²) in [6.45, 7) is 0. The second-order valence-corrected chi connectivity index (χ2v) is 8.12. The lowest BCUT2D eigenvalue weighted by Crippen LogP contribution is -2.55. The molecule has 0 bridgehead atoms. The van der Waals surface area contributed by atoms with Gasteiger partial charge in [-0.3, -0.25) is 9.59 Å². The number of aromatic nitrogens is 4. The lowest BCUT2D eigenvalue weighted by Gasteiger charge is -2.37. The Bertz CT molecular complexity index is 1080. The molecule has 1 aliphatic carbocycles. The number of hydrogen-bond acceptors (Lipinski definition) is 9. The molecule has 1 saturated carbocycles. The predicted octanol–water partition coefficient (Wildman–Crippen LogP) is 0.878. The van der Waals surface area contributed by atoms with E-state index in [0.29, 0.717) is 18.4 Å². The Labute approximate surface area is 196 Å². The molecule has 2 N–H and O–H groups in total. The number of amides is 2. The molecule has 34 heavy (non-hydrogen) atoms. The summed E-state index contributed by atoms with van der Waals surface area (Å²) < 4.78 is 11.1. The molecular weight excluding hydrogens is 444 g/mol. The predicted molar refractivity (Wildman–Crippen MR) is 118 cm³/mol. The smallest absolute Gasteiger partial charge is 0.357 e. The summed E-state index contributed by atoms with van der Waals surface area (Å²) in [7, 11) is 4.09. The van der Waals surface area contributed by atoms with Crippen LogP contribution in [-0.2, 0) is 23.9 Å². The van der Waals surface area contributed by atoms with Gasteiger partial charge < -0.3 is 20.1 Å². The minimum Gasteiger partial charge on any atom is -0.467 e. The Hall–Kier alpha value is -3.83. The number of nitrogens with two attached hydrogens (primary N) is 1. The Morgan fingerprint density at radius 1 is 1.21 bits per heavy atom. The molecule has 1 aliphatic rings. The number of likely N-dealkylation sites (N-methyl/N-ethyl adjacent to an activating group) is 1. The van der Waals surface area contributed by atoms with Gasteiger partial charge in [-0.15, -0.1) is 5.10 Å². The van der Waals surface area contributed by atoms with Crippen molar-refractivity contribution in [2.45, 2.75) is 50.1 Å². The largest absolute Gasteiger partial charge is 0.467 e. The summed E-state index contributed by atoms with van der Waals surface area (Å²) in [6.07, 6.45) is 5.42. The van der Waals surface area contributed by atoms with Crippen LogP contribution in [0.4, 0.5) is 0 Å². The van der Waals surface area contributed by atoms with E-state index in [4.69, 9.17) is 15.2 Å².